The smallest absolute Gasteiger partial charge is 0.325 e. The van der Waals surface area contributed by atoms with Crippen molar-refractivity contribution in [1.82, 2.24) is 10.1 Å². The van der Waals surface area contributed by atoms with Gasteiger partial charge in [0.15, 0.2) is 0 Å². The number of carbonyl (C=O) groups excluding carboxylic acids is 1. The van der Waals surface area contributed by atoms with Gasteiger partial charge >= 0.3 is 11.3 Å². The fourth-order valence-corrected chi connectivity index (χ4v) is 4.34. The summed E-state index contributed by atoms with van der Waals surface area (Å²) in [6.07, 6.45) is -0.554. The van der Waals surface area contributed by atoms with Crippen molar-refractivity contribution < 1.29 is 9.48 Å². The molecule has 0 bridgehead atoms. The van der Waals surface area contributed by atoms with Gasteiger partial charge in [-0.05, 0) is 46.8 Å². The van der Waals surface area contributed by atoms with Gasteiger partial charge in [-0.3, -0.25) is 14.6 Å². The number of hydrogen-bond acceptors (Lipinski definition) is 5. The summed E-state index contributed by atoms with van der Waals surface area (Å²) >= 11 is 1.46. The van der Waals surface area contributed by atoms with Crippen molar-refractivity contribution in [3.05, 3.63) is 64.4 Å². The summed E-state index contributed by atoms with van der Waals surface area (Å²) in [4.78, 5) is 32.5. The molecule has 4 rings (SSSR count). The number of nitrogens with one attached hydrogen (secondary N) is 1. The van der Waals surface area contributed by atoms with Gasteiger partial charge in [0, 0.05) is 37.4 Å². The molecule has 0 spiro atoms. The van der Waals surface area contributed by atoms with E-state index < -0.39 is 6.17 Å². The van der Waals surface area contributed by atoms with Gasteiger partial charge in [-0.25, -0.2) is 4.90 Å². The Bertz CT molecular complexity index is 1160. The Morgan fingerprint density at radius 1 is 1.20 bits per heavy atom. The number of benzene rings is 2. The lowest BCUT2D eigenvalue weighted by atomic mass is 10.0. The second-order valence-corrected chi connectivity index (χ2v) is 8.50. The third-order valence-electron chi connectivity index (χ3n) is 5.09. The van der Waals surface area contributed by atoms with Crippen LogP contribution in [0.25, 0.3) is 11.3 Å². The molecule has 0 saturated heterocycles. The van der Waals surface area contributed by atoms with E-state index in [9.17, 15) is 9.59 Å². The number of aromatic amines is 1. The third-order valence-corrected chi connectivity index (χ3v) is 5.83. The molecule has 2 aromatic carbocycles. The van der Waals surface area contributed by atoms with Crippen LogP contribution in [0.1, 0.15) is 25.6 Å². The SMILES string of the molecule is CCSc1n[n+]2c(c(=O)[nH]1)-c1ccccc1N(C(C)=O)[C@@H]2c1ccc(N(C)C)cc1. The summed E-state index contributed by atoms with van der Waals surface area (Å²) in [5.41, 5.74) is 3.56. The fourth-order valence-electron chi connectivity index (χ4n) is 3.76. The van der Waals surface area contributed by atoms with Gasteiger partial charge in [0.05, 0.1) is 11.3 Å². The van der Waals surface area contributed by atoms with E-state index in [0.717, 1.165) is 17.0 Å². The molecule has 0 radical (unpaired) electrons. The first-order chi connectivity index (χ1) is 14.4. The molecular formula is C22H24N5O2S+. The number of nitrogens with zero attached hydrogens (tertiary/aromatic N) is 4. The second-order valence-electron chi connectivity index (χ2n) is 7.25. The number of thioether (sulfide) groups is 1. The Kier molecular flexibility index (Phi) is 5.34. The third kappa shape index (κ3) is 3.37. The largest absolute Gasteiger partial charge is 0.378 e. The lowest BCUT2D eigenvalue weighted by molar-refractivity contribution is -0.763. The van der Waals surface area contributed by atoms with Gasteiger partial charge in [-0.2, -0.15) is 0 Å². The first kappa shape index (κ1) is 20.2. The van der Waals surface area contributed by atoms with Gasteiger partial charge in [0.1, 0.15) is 0 Å². The highest BCUT2D eigenvalue weighted by Crippen LogP contribution is 2.37. The molecule has 154 valence electrons. The fraction of sp³-hybridized carbons (Fsp3) is 0.273. The zero-order valence-corrected chi connectivity index (χ0v) is 18.2. The molecule has 1 aliphatic rings. The number of hydrogen-bond donors (Lipinski definition) is 1. The molecule has 30 heavy (non-hydrogen) atoms. The van der Waals surface area contributed by atoms with Crippen molar-refractivity contribution in [3.8, 4) is 11.3 Å². The van der Waals surface area contributed by atoms with Crippen LogP contribution in [0.3, 0.4) is 0 Å². The molecule has 1 aliphatic heterocycles. The van der Waals surface area contributed by atoms with Crippen molar-refractivity contribution in [3.63, 3.8) is 0 Å². The van der Waals surface area contributed by atoms with E-state index in [2.05, 4.69) is 4.98 Å². The zero-order chi connectivity index (χ0) is 21.4. The number of rotatable bonds is 4. The van der Waals surface area contributed by atoms with Gasteiger partial charge in [-0.15, -0.1) is 0 Å². The molecule has 0 fully saturated rings. The van der Waals surface area contributed by atoms with Crippen LogP contribution in [0.5, 0.6) is 0 Å². The van der Waals surface area contributed by atoms with Crippen molar-refractivity contribution in [1.29, 1.82) is 0 Å². The Balaban J connectivity index is 2.01. The van der Waals surface area contributed by atoms with Crippen LogP contribution in [-0.2, 0) is 4.79 Å². The highest BCUT2D eigenvalue weighted by molar-refractivity contribution is 7.99. The van der Waals surface area contributed by atoms with E-state index in [1.54, 1.807) is 16.5 Å². The Morgan fingerprint density at radius 3 is 2.53 bits per heavy atom. The van der Waals surface area contributed by atoms with Crippen molar-refractivity contribution in [2.45, 2.75) is 25.2 Å². The Labute approximate surface area is 179 Å². The second kappa shape index (κ2) is 7.95. The van der Waals surface area contributed by atoms with Gasteiger partial charge in [0.25, 0.3) is 6.17 Å². The van der Waals surface area contributed by atoms with E-state index in [-0.39, 0.29) is 11.5 Å². The van der Waals surface area contributed by atoms with E-state index in [4.69, 9.17) is 5.10 Å². The first-order valence-corrected chi connectivity index (χ1v) is 10.8. The van der Waals surface area contributed by atoms with Crippen LogP contribution in [0, 0.1) is 0 Å². The summed E-state index contributed by atoms with van der Waals surface area (Å²) in [5.74, 6) is 0.659. The van der Waals surface area contributed by atoms with Gasteiger partial charge < -0.3 is 4.90 Å². The highest BCUT2D eigenvalue weighted by Gasteiger charge is 2.44. The van der Waals surface area contributed by atoms with Crippen LogP contribution >= 0.6 is 11.8 Å². The lowest BCUT2D eigenvalue weighted by Gasteiger charge is -2.31. The molecule has 1 aromatic heterocycles. The molecule has 1 amide bonds. The molecule has 0 aliphatic carbocycles. The Morgan fingerprint density at radius 2 is 1.90 bits per heavy atom. The molecule has 1 atom stereocenters. The van der Waals surface area contributed by atoms with E-state index in [1.165, 1.54) is 11.8 Å². The molecule has 2 heterocycles. The summed E-state index contributed by atoms with van der Waals surface area (Å²) in [6, 6.07) is 15.4. The number of para-hydroxylation sites is 1. The molecule has 1 N–H and O–H groups in total. The topological polar surface area (TPSA) is 73.2 Å². The van der Waals surface area contributed by atoms with Crippen LogP contribution in [0.4, 0.5) is 11.4 Å². The summed E-state index contributed by atoms with van der Waals surface area (Å²) in [7, 11) is 3.96. The van der Waals surface area contributed by atoms with E-state index >= 15 is 0 Å². The quantitative estimate of drug-likeness (QED) is 0.517. The predicted octanol–water partition coefficient (Wildman–Crippen LogP) is 2.82. The normalized spacial score (nSPS) is 14.8. The van der Waals surface area contributed by atoms with Crippen LogP contribution < -0.4 is 20.0 Å². The maximum Gasteiger partial charge on any atom is 0.325 e. The summed E-state index contributed by atoms with van der Waals surface area (Å²) < 4.78 is 1.69. The molecule has 7 nitrogen and oxygen atoms in total. The first-order valence-electron chi connectivity index (χ1n) is 9.77. The number of amides is 1. The molecule has 8 heteroatoms. The molecule has 0 unspecified atom stereocenters. The highest BCUT2D eigenvalue weighted by atomic mass is 32.2. The summed E-state index contributed by atoms with van der Waals surface area (Å²) in [6.45, 7) is 3.54. The minimum Gasteiger partial charge on any atom is -0.378 e. The van der Waals surface area contributed by atoms with Gasteiger partial charge in [-0.1, -0.05) is 30.8 Å². The maximum atomic E-state index is 13.1. The maximum absolute atomic E-state index is 13.1. The van der Waals surface area contributed by atoms with Crippen LogP contribution in [0.2, 0.25) is 0 Å². The minimum absolute atomic E-state index is 0.117. The minimum atomic E-state index is -0.554. The van der Waals surface area contributed by atoms with Crippen LogP contribution in [-0.4, -0.2) is 35.8 Å². The standard InChI is InChI=1S/C22H23N5O2S/c1-5-30-22-23-20(29)19-17-8-6-7-9-18(17)26(14(2)28)21(27(19)24-22)15-10-12-16(13-11-15)25(3)4/h6-13,21H,5H2,1-4H3/p+1/t21-/m0/s1. The number of anilines is 2. The lowest BCUT2D eigenvalue weighted by Crippen LogP contribution is -2.60. The van der Waals surface area contributed by atoms with Crippen molar-refractivity contribution in [2.75, 3.05) is 29.6 Å². The van der Waals surface area contributed by atoms with E-state index in [1.807, 2.05) is 74.4 Å². The average Bonchev–Trinajstić information content (AvgIpc) is 2.72. The van der Waals surface area contributed by atoms with E-state index in [0.29, 0.717) is 22.1 Å². The molecule has 3 aromatic rings. The predicted molar refractivity (Wildman–Crippen MR) is 119 cm³/mol. The summed E-state index contributed by atoms with van der Waals surface area (Å²) in [5, 5.41) is 5.26. The number of carbonyl (C=O) groups is 1. The number of fused-ring (bicyclic) bond motifs is 3. The van der Waals surface area contributed by atoms with Crippen molar-refractivity contribution >= 4 is 29.0 Å². The van der Waals surface area contributed by atoms with Crippen molar-refractivity contribution in [2.24, 2.45) is 0 Å². The number of aromatic nitrogens is 3. The zero-order valence-electron chi connectivity index (χ0n) is 17.4. The Hall–Kier alpha value is -3.13. The van der Waals surface area contributed by atoms with Crippen LogP contribution in [0.15, 0.2) is 58.5 Å². The molecule has 0 saturated carbocycles. The molecular weight excluding hydrogens is 398 g/mol. The monoisotopic (exact) mass is 422 g/mol. The average molecular weight is 423 g/mol. The van der Waals surface area contributed by atoms with Gasteiger partial charge in [0.2, 0.25) is 11.1 Å². The number of H-pyrrole nitrogens is 1.